The molecule has 3 aliphatic heterocycles. The number of aromatic nitrogens is 4. The minimum atomic E-state index is -1.59. The van der Waals surface area contributed by atoms with Gasteiger partial charge in [0.05, 0.1) is 19.0 Å². The largest absolute Gasteiger partial charge is 0.445 e. The van der Waals surface area contributed by atoms with Crippen molar-refractivity contribution in [2.75, 3.05) is 30.3 Å². The first-order chi connectivity index (χ1) is 29.1. The Balaban J connectivity index is 0.931. The Morgan fingerprint density at radius 1 is 0.967 bits per heavy atom. The molecule has 1 unspecified atom stereocenters. The Bertz CT molecular complexity index is 2140. The molecule has 8 atom stereocenters. The molecule has 6 rings (SSSR count). The maximum absolute atomic E-state index is 13.3. The summed E-state index contributed by atoms with van der Waals surface area (Å²) >= 11 is 0. The highest BCUT2D eigenvalue weighted by molar-refractivity contribution is 6.13. The number of aliphatic hydroxyl groups excluding tert-OH is 3. The van der Waals surface area contributed by atoms with E-state index in [2.05, 4.69) is 46.5 Å². The normalized spacial score (nSPS) is 23.3. The molecular formula is C38H47N11O12. The van der Waals surface area contributed by atoms with E-state index >= 15 is 0 Å². The van der Waals surface area contributed by atoms with Gasteiger partial charge in [-0.3, -0.25) is 38.6 Å². The van der Waals surface area contributed by atoms with E-state index in [1.807, 2.05) is 0 Å². The van der Waals surface area contributed by atoms with Crippen LogP contribution in [0.2, 0.25) is 0 Å². The third kappa shape index (κ3) is 10.3. The molecule has 61 heavy (non-hydrogen) atoms. The fourth-order valence-corrected chi connectivity index (χ4v) is 6.74. The number of hydrogen-bond acceptors (Lipinski definition) is 16. The van der Waals surface area contributed by atoms with Gasteiger partial charge in [0.15, 0.2) is 17.7 Å². The Morgan fingerprint density at radius 3 is 2.34 bits per heavy atom. The molecule has 326 valence electrons. The number of imidazole rings is 1. The number of aromatic amines is 1. The van der Waals surface area contributed by atoms with Crippen LogP contribution < -0.4 is 26.6 Å². The van der Waals surface area contributed by atoms with Crippen LogP contribution in [0.4, 0.5) is 16.3 Å². The maximum atomic E-state index is 13.3. The summed E-state index contributed by atoms with van der Waals surface area (Å²) in [7, 11) is 0. The first kappa shape index (κ1) is 44.0. The van der Waals surface area contributed by atoms with Gasteiger partial charge in [0.1, 0.15) is 54.9 Å². The first-order valence-corrected chi connectivity index (χ1v) is 19.4. The quantitative estimate of drug-likeness (QED) is 0.0704. The van der Waals surface area contributed by atoms with E-state index in [9.17, 15) is 48.9 Å². The zero-order valence-electron chi connectivity index (χ0n) is 33.3. The number of anilines is 2. The van der Waals surface area contributed by atoms with E-state index in [4.69, 9.17) is 9.47 Å². The van der Waals surface area contributed by atoms with Gasteiger partial charge in [-0.2, -0.15) is 0 Å². The van der Waals surface area contributed by atoms with Crippen LogP contribution in [0.1, 0.15) is 39.2 Å². The van der Waals surface area contributed by atoms with E-state index in [0.717, 1.165) is 17.1 Å². The predicted octanol–water partition coefficient (Wildman–Crippen LogP) is -2.00. The number of amides is 7. The highest BCUT2D eigenvalue weighted by atomic mass is 16.6. The molecule has 0 spiro atoms. The van der Waals surface area contributed by atoms with E-state index in [0.29, 0.717) is 28.8 Å². The second-order valence-electron chi connectivity index (χ2n) is 14.9. The molecule has 2 saturated heterocycles. The highest BCUT2D eigenvalue weighted by Gasteiger charge is 2.47. The zero-order chi connectivity index (χ0) is 44.0. The molecule has 0 bridgehead atoms. The minimum absolute atomic E-state index is 0.144. The van der Waals surface area contributed by atoms with Crippen LogP contribution in [-0.2, 0) is 44.8 Å². The van der Waals surface area contributed by atoms with Crippen molar-refractivity contribution in [2.45, 2.75) is 88.9 Å². The number of fused-ring (bicyclic) bond motifs is 1. The molecule has 23 nitrogen and oxygen atoms in total. The Kier molecular flexibility index (Phi) is 13.9. The van der Waals surface area contributed by atoms with E-state index < -0.39 is 96.9 Å². The molecule has 3 aliphatic rings. The van der Waals surface area contributed by atoms with Crippen molar-refractivity contribution in [3.63, 3.8) is 0 Å². The van der Waals surface area contributed by atoms with Crippen molar-refractivity contribution in [3.8, 4) is 0 Å². The lowest BCUT2D eigenvalue weighted by atomic mass is 9.94. The van der Waals surface area contributed by atoms with Gasteiger partial charge in [-0.05, 0) is 37.0 Å². The number of carbonyl (C=O) groups excluding carboxylic acids is 7. The van der Waals surface area contributed by atoms with Crippen LogP contribution in [0.15, 0.2) is 49.1 Å². The Hall–Kier alpha value is -6.56. The molecule has 0 saturated carbocycles. The smallest absolute Gasteiger partial charge is 0.410 e. The van der Waals surface area contributed by atoms with Gasteiger partial charge in [0.2, 0.25) is 23.6 Å². The number of benzene rings is 1. The Morgan fingerprint density at radius 2 is 1.69 bits per heavy atom. The predicted molar refractivity (Wildman–Crippen MR) is 210 cm³/mol. The van der Waals surface area contributed by atoms with Crippen molar-refractivity contribution < 1.29 is 58.4 Å². The summed E-state index contributed by atoms with van der Waals surface area (Å²) in [6.45, 7) is 4.16. The van der Waals surface area contributed by atoms with Crippen molar-refractivity contribution in [2.24, 2.45) is 5.92 Å². The summed E-state index contributed by atoms with van der Waals surface area (Å²) in [5.74, 6) is -3.53. The van der Waals surface area contributed by atoms with Crippen molar-refractivity contribution in [1.29, 1.82) is 0 Å². The lowest BCUT2D eigenvalue weighted by Gasteiger charge is -2.44. The molecule has 5 heterocycles. The van der Waals surface area contributed by atoms with Crippen LogP contribution in [0.3, 0.4) is 0 Å². The van der Waals surface area contributed by atoms with Gasteiger partial charge < -0.3 is 56.4 Å². The van der Waals surface area contributed by atoms with Crippen LogP contribution >= 0.6 is 0 Å². The summed E-state index contributed by atoms with van der Waals surface area (Å²) in [4.78, 5) is 105. The summed E-state index contributed by atoms with van der Waals surface area (Å²) < 4.78 is 11.2. The number of rotatable bonds is 16. The van der Waals surface area contributed by atoms with Gasteiger partial charge in [-0.25, -0.2) is 19.7 Å². The second-order valence-corrected chi connectivity index (χ2v) is 14.9. The first-order valence-electron chi connectivity index (χ1n) is 19.4. The van der Waals surface area contributed by atoms with Crippen molar-refractivity contribution in [3.05, 3.63) is 54.6 Å². The number of nitrogens with zero attached hydrogens (tertiary/aromatic N) is 5. The van der Waals surface area contributed by atoms with Gasteiger partial charge in [0.25, 0.3) is 11.8 Å². The van der Waals surface area contributed by atoms with Gasteiger partial charge in [-0.15, -0.1) is 0 Å². The number of likely N-dealkylation sites (tertiary alicyclic amines) is 1. The summed E-state index contributed by atoms with van der Waals surface area (Å²) in [6, 6.07) is 2.14. The molecule has 0 aliphatic carbocycles. The number of imide groups is 1. The van der Waals surface area contributed by atoms with Gasteiger partial charge >= 0.3 is 6.09 Å². The number of ether oxygens (including phenoxy) is 2. The molecule has 2 fully saturated rings. The molecule has 9 N–H and O–H groups in total. The maximum Gasteiger partial charge on any atom is 0.410 e. The second kappa shape index (κ2) is 19.2. The molecular weight excluding hydrogens is 802 g/mol. The number of aliphatic hydroxyl groups is 3. The lowest BCUT2D eigenvalue weighted by Crippen LogP contribution is -2.68. The van der Waals surface area contributed by atoms with E-state index in [-0.39, 0.29) is 37.9 Å². The molecule has 1 aromatic carbocycles. The summed E-state index contributed by atoms with van der Waals surface area (Å²) in [5, 5.41) is 45.3. The number of hydrogen-bond donors (Lipinski definition) is 9. The fourth-order valence-electron chi connectivity index (χ4n) is 6.74. The van der Waals surface area contributed by atoms with Crippen LogP contribution in [0.25, 0.3) is 11.2 Å². The zero-order valence-corrected chi connectivity index (χ0v) is 33.3. The fraction of sp³-hybridized carbons (Fsp3) is 0.474. The standard InChI is InChI=1S/C38H47N11O12/c1-18(2)27(45-24(51)11-13-49-25(52)8-9-26(49)53)36(58)43-19(3)34(56)44-21-6-4-20(5-7-21)15-60-38(59)48-12-10-22(48)35(57)46-28-23(14-50)61-37(31(55)30(28)54)47-33-29-32(40-16-39-29)41-17-42-33/h4-9,16-19,22-23,27-28,30-31,37,50,54-55H,10-15H2,1-3H3,(H,43,58)(H,44,56)(H,45,51)(H,46,57)(H2,39,40,41,42,47)/t19-,22+,23-,27-,28?,30+,31-,37-/m0/s1. The number of nitrogens with one attached hydrogen (secondary N) is 6. The van der Waals surface area contributed by atoms with E-state index in [1.54, 1.807) is 38.1 Å². The number of carbonyl (C=O) groups is 7. The summed E-state index contributed by atoms with van der Waals surface area (Å²) in [5.41, 5.74) is 1.70. The van der Waals surface area contributed by atoms with Gasteiger partial charge in [0, 0.05) is 37.3 Å². The average molecular weight is 850 g/mol. The topological polar surface area (TPSA) is 320 Å². The highest BCUT2D eigenvalue weighted by Crippen LogP contribution is 2.26. The van der Waals surface area contributed by atoms with E-state index in [1.165, 1.54) is 24.5 Å². The third-order valence-corrected chi connectivity index (χ3v) is 10.4. The number of H-pyrrole nitrogens is 1. The molecule has 0 radical (unpaired) electrons. The Labute approximate surface area is 347 Å². The lowest BCUT2D eigenvalue weighted by molar-refractivity contribution is -0.186. The molecule has 3 aromatic rings. The molecule has 23 heteroatoms. The SMILES string of the molecule is CC(C)[C@H](NC(=O)CCN1C(=O)C=CC1=O)C(=O)N[C@@H](C)C(=O)Nc1ccc(COC(=O)N2CC[C@@H]2C(=O)NC2[C@H](CO)O[C@H](Nc3ncnc4nc[nH]c34)[C@@H](O)[C@@H]2O)cc1. The average Bonchev–Trinajstić information content (AvgIpc) is 3.83. The molecule has 7 amide bonds. The monoisotopic (exact) mass is 849 g/mol. The van der Waals surface area contributed by atoms with Gasteiger partial charge in [-0.1, -0.05) is 26.0 Å². The van der Waals surface area contributed by atoms with Crippen molar-refractivity contribution in [1.82, 2.24) is 45.7 Å². The summed E-state index contributed by atoms with van der Waals surface area (Å²) in [6.07, 6.45) is -1.36. The third-order valence-electron chi connectivity index (χ3n) is 10.4. The minimum Gasteiger partial charge on any atom is -0.445 e. The molecule has 2 aromatic heterocycles. The van der Waals surface area contributed by atoms with Crippen molar-refractivity contribution >= 4 is 64.2 Å². The van der Waals surface area contributed by atoms with Crippen LogP contribution in [0, 0.1) is 5.92 Å². The van der Waals surface area contributed by atoms with Crippen LogP contribution in [0.5, 0.6) is 0 Å². The van der Waals surface area contributed by atoms with Crippen LogP contribution in [-0.4, -0.2) is 155 Å².